The highest BCUT2D eigenvalue weighted by molar-refractivity contribution is 5.27. The smallest absolute Gasteiger partial charge is 0.145 e. The predicted molar refractivity (Wildman–Crippen MR) is 45.8 cm³/mol. The molecule has 66 valence electrons. The van der Waals surface area contributed by atoms with Crippen LogP contribution in [0.1, 0.15) is 30.6 Å². The maximum atomic E-state index is 5.55. The van der Waals surface area contributed by atoms with Gasteiger partial charge in [-0.2, -0.15) is 0 Å². The summed E-state index contributed by atoms with van der Waals surface area (Å²) in [6.07, 6.45) is 5.23. The molecule has 0 saturated heterocycles. The van der Waals surface area contributed by atoms with E-state index < -0.39 is 0 Å². The first-order chi connectivity index (χ1) is 5.78. The predicted octanol–water partition coefficient (Wildman–Crippen LogP) is 1.36. The molecule has 0 unspecified atom stereocenters. The van der Waals surface area contributed by atoms with Crippen molar-refractivity contribution in [3.63, 3.8) is 0 Å². The van der Waals surface area contributed by atoms with E-state index in [0.29, 0.717) is 0 Å². The molecule has 2 N–H and O–H groups in total. The minimum absolute atomic E-state index is 0.259. The minimum atomic E-state index is 0.259. The van der Waals surface area contributed by atoms with E-state index in [1.165, 1.54) is 18.4 Å². The molecule has 1 saturated carbocycles. The van der Waals surface area contributed by atoms with Crippen molar-refractivity contribution in [2.45, 2.75) is 31.6 Å². The van der Waals surface area contributed by atoms with E-state index in [1.807, 2.05) is 6.92 Å². The molecule has 0 radical (unpaired) electrons. The van der Waals surface area contributed by atoms with E-state index in [0.717, 1.165) is 18.7 Å². The SMILES string of the molecule is Cc1cnoc1C1(CCN)CC1. The fourth-order valence-corrected chi connectivity index (χ4v) is 1.82. The third-order valence-corrected chi connectivity index (χ3v) is 2.71. The van der Waals surface area contributed by atoms with Gasteiger partial charge in [-0.1, -0.05) is 5.16 Å². The van der Waals surface area contributed by atoms with Crippen molar-refractivity contribution in [2.24, 2.45) is 5.73 Å². The van der Waals surface area contributed by atoms with Crippen molar-refractivity contribution < 1.29 is 4.52 Å². The molecular formula is C9H14N2O. The molecule has 1 heterocycles. The number of nitrogens with two attached hydrogens (primary N) is 1. The molecule has 0 spiro atoms. The average molecular weight is 166 g/mol. The lowest BCUT2D eigenvalue weighted by atomic mass is 9.97. The largest absolute Gasteiger partial charge is 0.361 e. The Morgan fingerprint density at radius 3 is 2.83 bits per heavy atom. The number of aromatic nitrogens is 1. The van der Waals surface area contributed by atoms with Crippen LogP contribution in [0.15, 0.2) is 10.7 Å². The summed E-state index contributed by atoms with van der Waals surface area (Å²) in [7, 11) is 0. The van der Waals surface area contributed by atoms with Gasteiger partial charge in [0.25, 0.3) is 0 Å². The number of nitrogens with zero attached hydrogens (tertiary/aromatic N) is 1. The molecule has 1 aliphatic carbocycles. The summed E-state index contributed by atoms with van der Waals surface area (Å²) in [6, 6.07) is 0. The topological polar surface area (TPSA) is 52.0 Å². The first-order valence-corrected chi connectivity index (χ1v) is 4.40. The normalized spacial score (nSPS) is 19.5. The molecule has 2 rings (SSSR count). The van der Waals surface area contributed by atoms with Gasteiger partial charge in [-0.05, 0) is 32.7 Å². The van der Waals surface area contributed by atoms with Crippen LogP contribution in [-0.2, 0) is 5.41 Å². The number of aryl methyl sites for hydroxylation is 1. The second-order valence-electron chi connectivity index (χ2n) is 3.66. The Kier molecular flexibility index (Phi) is 1.68. The van der Waals surface area contributed by atoms with E-state index in [1.54, 1.807) is 6.20 Å². The van der Waals surface area contributed by atoms with Gasteiger partial charge in [0.2, 0.25) is 0 Å². The summed E-state index contributed by atoms with van der Waals surface area (Å²) in [5, 5.41) is 3.79. The highest BCUT2D eigenvalue weighted by Gasteiger charge is 2.47. The van der Waals surface area contributed by atoms with Gasteiger partial charge in [0.1, 0.15) is 5.76 Å². The van der Waals surface area contributed by atoms with Crippen LogP contribution in [0.4, 0.5) is 0 Å². The zero-order valence-corrected chi connectivity index (χ0v) is 7.34. The molecule has 0 atom stereocenters. The summed E-state index contributed by atoms with van der Waals surface area (Å²) in [5.74, 6) is 1.06. The molecule has 12 heavy (non-hydrogen) atoms. The molecule has 1 aliphatic rings. The minimum Gasteiger partial charge on any atom is -0.361 e. The molecule has 0 aromatic carbocycles. The average Bonchev–Trinajstić information content (AvgIpc) is 2.68. The van der Waals surface area contributed by atoms with E-state index in [4.69, 9.17) is 10.3 Å². The first-order valence-electron chi connectivity index (χ1n) is 4.40. The van der Waals surface area contributed by atoms with Crippen molar-refractivity contribution >= 4 is 0 Å². The van der Waals surface area contributed by atoms with Crippen molar-refractivity contribution in [3.8, 4) is 0 Å². The van der Waals surface area contributed by atoms with Crippen molar-refractivity contribution in [1.82, 2.24) is 5.16 Å². The molecule has 1 aromatic heterocycles. The molecule has 0 aliphatic heterocycles. The maximum absolute atomic E-state index is 5.55. The molecule has 0 bridgehead atoms. The molecule has 3 heteroatoms. The van der Waals surface area contributed by atoms with E-state index in [9.17, 15) is 0 Å². The van der Waals surface area contributed by atoms with Crippen LogP contribution >= 0.6 is 0 Å². The third-order valence-electron chi connectivity index (χ3n) is 2.71. The lowest BCUT2D eigenvalue weighted by molar-refractivity contribution is 0.345. The quantitative estimate of drug-likeness (QED) is 0.737. The third kappa shape index (κ3) is 1.05. The Morgan fingerprint density at radius 2 is 2.42 bits per heavy atom. The summed E-state index contributed by atoms with van der Waals surface area (Å²) in [6.45, 7) is 2.78. The van der Waals surface area contributed by atoms with Gasteiger partial charge in [0.05, 0.1) is 6.20 Å². The molecule has 1 aromatic rings. The lowest BCUT2D eigenvalue weighted by Crippen LogP contribution is -2.13. The van der Waals surface area contributed by atoms with Gasteiger partial charge in [-0.15, -0.1) is 0 Å². The van der Waals surface area contributed by atoms with Gasteiger partial charge in [-0.3, -0.25) is 0 Å². The Labute approximate surface area is 71.9 Å². The zero-order chi connectivity index (χ0) is 8.60. The Balaban J connectivity index is 2.24. The summed E-state index contributed by atoms with van der Waals surface area (Å²) >= 11 is 0. The molecule has 0 amide bonds. The number of hydrogen-bond donors (Lipinski definition) is 1. The number of rotatable bonds is 3. The lowest BCUT2D eigenvalue weighted by Gasteiger charge is -2.09. The maximum Gasteiger partial charge on any atom is 0.145 e. The van der Waals surface area contributed by atoms with Crippen LogP contribution in [0.2, 0.25) is 0 Å². The van der Waals surface area contributed by atoms with Crippen molar-refractivity contribution in [1.29, 1.82) is 0 Å². The van der Waals surface area contributed by atoms with Crippen LogP contribution in [0.25, 0.3) is 0 Å². The first kappa shape index (κ1) is 7.80. The van der Waals surface area contributed by atoms with Crippen LogP contribution in [0, 0.1) is 6.92 Å². The Bertz CT molecular complexity index is 276. The standard InChI is InChI=1S/C9H14N2O/c1-7-6-11-12-8(7)9(2-3-9)4-5-10/h6H,2-5,10H2,1H3. The summed E-state index contributed by atoms with van der Waals surface area (Å²) in [5.41, 5.74) is 6.98. The molecule has 3 nitrogen and oxygen atoms in total. The van der Waals surface area contributed by atoms with Crippen molar-refractivity contribution in [2.75, 3.05) is 6.54 Å². The molecular weight excluding hydrogens is 152 g/mol. The van der Waals surface area contributed by atoms with E-state index in [2.05, 4.69) is 5.16 Å². The fourth-order valence-electron chi connectivity index (χ4n) is 1.82. The second-order valence-corrected chi connectivity index (χ2v) is 3.66. The van der Waals surface area contributed by atoms with E-state index in [-0.39, 0.29) is 5.41 Å². The van der Waals surface area contributed by atoms with Crippen LogP contribution in [-0.4, -0.2) is 11.7 Å². The van der Waals surface area contributed by atoms with E-state index >= 15 is 0 Å². The Hall–Kier alpha value is -0.830. The zero-order valence-electron chi connectivity index (χ0n) is 7.34. The Morgan fingerprint density at radius 1 is 1.67 bits per heavy atom. The van der Waals surface area contributed by atoms with Crippen LogP contribution in [0.3, 0.4) is 0 Å². The van der Waals surface area contributed by atoms with Gasteiger partial charge in [-0.25, -0.2) is 0 Å². The highest BCUT2D eigenvalue weighted by atomic mass is 16.5. The second kappa shape index (κ2) is 2.59. The van der Waals surface area contributed by atoms with Gasteiger partial charge in [0, 0.05) is 11.0 Å². The summed E-state index contributed by atoms with van der Waals surface area (Å²) < 4.78 is 5.24. The monoisotopic (exact) mass is 166 g/mol. The fraction of sp³-hybridized carbons (Fsp3) is 0.667. The van der Waals surface area contributed by atoms with Gasteiger partial charge >= 0.3 is 0 Å². The number of hydrogen-bond acceptors (Lipinski definition) is 3. The highest BCUT2D eigenvalue weighted by Crippen LogP contribution is 2.51. The van der Waals surface area contributed by atoms with Crippen molar-refractivity contribution in [3.05, 3.63) is 17.5 Å². The van der Waals surface area contributed by atoms with Crippen LogP contribution in [0.5, 0.6) is 0 Å². The summed E-state index contributed by atoms with van der Waals surface area (Å²) in [4.78, 5) is 0. The van der Waals surface area contributed by atoms with Gasteiger partial charge < -0.3 is 10.3 Å². The molecule has 1 fully saturated rings. The van der Waals surface area contributed by atoms with Crippen LogP contribution < -0.4 is 5.73 Å². The van der Waals surface area contributed by atoms with Gasteiger partial charge in [0.15, 0.2) is 0 Å².